The summed E-state index contributed by atoms with van der Waals surface area (Å²) in [7, 11) is 0. The van der Waals surface area contributed by atoms with Gasteiger partial charge in [-0.2, -0.15) is 0 Å². The summed E-state index contributed by atoms with van der Waals surface area (Å²) in [5.41, 5.74) is 1.00. The zero-order valence-electron chi connectivity index (χ0n) is 13.1. The van der Waals surface area contributed by atoms with Crippen LogP contribution in [-0.2, 0) is 16.1 Å². The number of carbonyl (C=O) groups excluding carboxylic acids is 1. The van der Waals surface area contributed by atoms with Crippen molar-refractivity contribution >= 4 is 18.3 Å². The molecule has 0 radical (unpaired) electrons. The highest BCUT2D eigenvalue weighted by Gasteiger charge is 2.21. The van der Waals surface area contributed by atoms with E-state index in [1.165, 1.54) is 0 Å². The van der Waals surface area contributed by atoms with Gasteiger partial charge in [0.25, 0.3) is 0 Å². The summed E-state index contributed by atoms with van der Waals surface area (Å²) >= 11 is 0. The van der Waals surface area contributed by atoms with Gasteiger partial charge in [-0.1, -0.05) is 0 Å². The monoisotopic (exact) mass is 341 g/mol. The number of halogens is 1. The predicted molar refractivity (Wildman–Crippen MR) is 88.8 cm³/mol. The molecule has 1 unspecified atom stereocenters. The first kappa shape index (κ1) is 18.0. The number of hydrogen-bond donors (Lipinski definition) is 2. The van der Waals surface area contributed by atoms with Gasteiger partial charge >= 0.3 is 0 Å². The molecule has 2 saturated heterocycles. The van der Waals surface area contributed by atoms with Crippen molar-refractivity contribution in [3.8, 4) is 5.88 Å². The number of hydrogen-bond acceptors (Lipinski definition) is 5. The van der Waals surface area contributed by atoms with Crippen molar-refractivity contribution in [3.63, 3.8) is 0 Å². The predicted octanol–water partition coefficient (Wildman–Crippen LogP) is 1.43. The van der Waals surface area contributed by atoms with E-state index in [-0.39, 0.29) is 30.5 Å². The molecule has 0 saturated carbocycles. The average Bonchev–Trinajstić information content (AvgIpc) is 3.08. The van der Waals surface area contributed by atoms with Crippen LogP contribution in [0.4, 0.5) is 0 Å². The van der Waals surface area contributed by atoms with Crippen LogP contribution < -0.4 is 15.4 Å². The number of nitrogens with zero attached hydrogens (tertiary/aromatic N) is 1. The summed E-state index contributed by atoms with van der Waals surface area (Å²) in [5.74, 6) is 0.693. The number of rotatable bonds is 5. The van der Waals surface area contributed by atoms with E-state index < -0.39 is 0 Å². The van der Waals surface area contributed by atoms with Crippen LogP contribution in [-0.4, -0.2) is 42.8 Å². The van der Waals surface area contributed by atoms with Crippen molar-refractivity contribution < 1.29 is 14.3 Å². The fourth-order valence-electron chi connectivity index (χ4n) is 2.81. The number of carbonyl (C=O) groups is 1. The molecule has 0 bridgehead atoms. The summed E-state index contributed by atoms with van der Waals surface area (Å²) < 4.78 is 11.2. The van der Waals surface area contributed by atoms with Gasteiger partial charge in [0, 0.05) is 31.6 Å². The maximum absolute atomic E-state index is 12.0. The van der Waals surface area contributed by atoms with Crippen LogP contribution in [0.25, 0.3) is 0 Å². The Kier molecular flexibility index (Phi) is 7.08. The molecule has 1 atom stereocenters. The zero-order chi connectivity index (χ0) is 15.2. The van der Waals surface area contributed by atoms with E-state index in [0.29, 0.717) is 12.4 Å². The lowest BCUT2D eigenvalue weighted by atomic mass is 10.1. The first-order chi connectivity index (χ1) is 10.8. The standard InChI is InChI=1S/C16H23N3O3.ClH/c20-16(14-2-1-6-17-14)19-11-12-3-7-18-15(10-12)22-13-4-8-21-9-5-13;/h3,7,10,13-14,17H,1-2,4-6,8-9,11H2,(H,19,20);1H. The molecule has 1 aromatic rings. The molecule has 6 nitrogen and oxygen atoms in total. The zero-order valence-corrected chi connectivity index (χ0v) is 13.9. The minimum atomic E-state index is -0.0419. The minimum Gasteiger partial charge on any atom is -0.474 e. The van der Waals surface area contributed by atoms with Crippen LogP contribution in [0.15, 0.2) is 18.3 Å². The lowest BCUT2D eigenvalue weighted by Crippen LogP contribution is -2.40. The van der Waals surface area contributed by atoms with E-state index in [9.17, 15) is 4.79 Å². The molecule has 1 aromatic heterocycles. The van der Waals surface area contributed by atoms with E-state index in [1.807, 2.05) is 12.1 Å². The number of pyridine rings is 1. The van der Waals surface area contributed by atoms with Gasteiger partial charge in [0.05, 0.1) is 19.3 Å². The highest BCUT2D eigenvalue weighted by molar-refractivity contribution is 5.85. The number of aromatic nitrogens is 1. The Morgan fingerprint density at radius 1 is 1.39 bits per heavy atom. The third-order valence-electron chi connectivity index (χ3n) is 4.10. The normalized spacial score (nSPS) is 21.5. The summed E-state index contributed by atoms with van der Waals surface area (Å²) in [6.45, 7) is 2.92. The van der Waals surface area contributed by atoms with Crippen molar-refractivity contribution in [1.82, 2.24) is 15.6 Å². The highest BCUT2D eigenvalue weighted by atomic mass is 35.5. The van der Waals surface area contributed by atoms with Crippen molar-refractivity contribution in [2.24, 2.45) is 0 Å². The summed E-state index contributed by atoms with van der Waals surface area (Å²) in [6.07, 6.45) is 5.68. The van der Waals surface area contributed by atoms with E-state index >= 15 is 0 Å². The van der Waals surface area contributed by atoms with Gasteiger partial charge in [-0.25, -0.2) is 4.98 Å². The molecule has 2 aliphatic heterocycles. The molecule has 1 amide bonds. The van der Waals surface area contributed by atoms with Crippen LogP contribution >= 0.6 is 12.4 Å². The maximum Gasteiger partial charge on any atom is 0.237 e. The number of nitrogens with one attached hydrogen (secondary N) is 2. The first-order valence-corrected chi connectivity index (χ1v) is 8.02. The van der Waals surface area contributed by atoms with E-state index in [1.54, 1.807) is 6.20 Å². The molecule has 3 heterocycles. The van der Waals surface area contributed by atoms with E-state index in [4.69, 9.17) is 9.47 Å². The topological polar surface area (TPSA) is 72.5 Å². The molecule has 7 heteroatoms. The van der Waals surface area contributed by atoms with Crippen molar-refractivity contribution in [2.75, 3.05) is 19.8 Å². The molecule has 0 aliphatic carbocycles. The van der Waals surface area contributed by atoms with Crippen LogP contribution in [0.5, 0.6) is 5.88 Å². The Bertz CT molecular complexity index is 503. The molecule has 0 aromatic carbocycles. The Morgan fingerprint density at radius 2 is 2.22 bits per heavy atom. The van der Waals surface area contributed by atoms with Gasteiger partial charge in [0.1, 0.15) is 6.10 Å². The van der Waals surface area contributed by atoms with Crippen molar-refractivity contribution in [2.45, 2.75) is 44.4 Å². The van der Waals surface area contributed by atoms with E-state index in [0.717, 1.165) is 51.0 Å². The molecular weight excluding hydrogens is 318 g/mol. The van der Waals surface area contributed by atoms with Crippen LogP contribution in [0.2, 0.25) is 0 Å². The lowest BCUT2D eigenvalue weighted by molar-refractivity contribution is -0.122. The van der Waals surface area contributed by atoms with Crippen molar-refractivity contribution in [3.05, 3.63) is 23.9 Å². The molecule has 2 fully saturated rings. The highest BCUT2D eigenvalue weighted by Crippen LogP contribution is 2.16. The largest absolute Gasteiger partial charge is 0.474 e. The summed E-state index contributed by atoms with van der Waals surface area (Å²) in [5, 5.41) is 6.16. The third-order valence-corrected chi connectivity index (χ3v) is 4.10. The van der Waals surface area contributed by atoms with Gasteiger partial charge < -0.3 is 20.1 Å². The van der Waals surface area contributed by atoms with Crippen LogP contribution in [0, 0.1) is 0 Å². The SMILES string of the molecule is Cl.O=C(NCc1ccnc(OC2CCOCC2)c1)C1CCCN1. The Hall–Kier alpha value is -1.37. The minimum absolute atomic E-state index is 0. The average molecular weight is 342 g/mol. The third kappa shape index (κ3) is 5.34. The second-order valence-corrected chi connectivity index (χ2v) is 5.80. The summed E-state index contributed by atoms with van der Waals surface area (Å²) in [6, 6.07) is 3.76. The van der Waals surface area contributed by atoms with Gasteiger partial charge in [-0.05, 0) is 31.0 Å². The Balaban J connectivity index is 0.00000192. The second kappa shape index (κ2) is 9.05. The second-order valence-electron chi connectivity index (χ2n) is 5.80. The molecule has 0 spiro atoms. The Morgan fingerprint density at radius 3 is 2.96 bits per heavy atom. The van der Waals surface area contributed by atoms with Gasteiger partial charge in [0.15, 0.2) is 0 Å². The van der Waals surface area contributed by atoms with Gasteiger partial charge in [0.2, 0.25) is 11.8 Å². The quantitative estimate of drug-likeness (QED) is 0.847. The fraction of sp³-hybridized carbons (Fsp3) is 0.625. The molecular formula is C16H24ClN3O3. The summed E-state index contributed by atoms with van der Waals surface area (Å²) in [4.78, 5) is 16.2. The molecule has 23 heavy (non-hydrogen) atoms. The number of ether oxygens (including phenoxy) is 2. The fourth-order valence-corrected chi connectivity index (χ4v) is 2.81. The first-order valence-electron chi connectivity index (χ1n) is 8.02. The Labute approximate surface area is 142 Å². The number of amides is 1. The molecule has 3 rings (SSSR count). The maximum atomic E-state index is 12.0. The van der Waals surface area contributed by atoms with Crippen LogP contribution in [0.1, 0.15) is 31.2 Å². The van der Waals surface area contributed by atoms with Crippen molar-refractivity contribution in [1.29, 1.82) is 0 Å². The lowest BCUT2D eigenvalue weighted by Gasteiger charge is -2.22. The van der Waals surface area contributed by atoms with Gasteiger partial charge in [-0.3, -0.25) is 4.79 Å². The van der Waals surface area contributed by atoms with Crippen LogP contribution in [0.3, 0.4) is 0 Å². The van der Waals surface area contributed by atoms with Gasteiger partial charge in [-0.15, -0.1) is 12.4 Å². The molecule has 2 aliphatic rings. The molecule has 128 valence electrons. The van der Waals surface area contributed by atoms with E-state index in [2.05, 4.69) is 15.6 Å². The smallest absolute Gasteiger partial charge is 0.237 e. The molecule has 2 N–H and O–H groups in total.